The fourth-order valence-corrected chi connectivity index (χ4v) is 1.16. The number of carbonyl (C=O) groups excluding carboxylic acids is 1. The molecule has 1 atom stereocenters. The highest BCUT2D eigenvalue weighted by Crippen LogP contribution is 2.13. The van der Waals surface area contributed by atoms with Crippen LogP contribution in [0.25, 0.3) is 0 Å². The van der Waals surface area contributed by atoms with Gasteiger partial charge >= 0.3 is 0 Å². The summed E-state index contributed by atoms with van der Waals surface area (Å²) in [6, 6.07) is 8.37. The van der Waals surface area contributed by atoms with Crippen molar-refractivity contribution < 1.29 is 14.4 Å². The standard InChI is InChI=1S/C12H17NO/c1-2-6-11(12(13)14)9-10-7-4-3-5-8-10/h3-5,7-8,11H,2,6,9H2,1H3,(H2,13,14)/i1D3,2D2,6D2. The van der Waals surface area contributed by atoms with Crippen LogP contribution in [0.5, 0.6) is 0 Å². The Bertz CT molecular complexity index is 498. The highest BCUT2D eigenvalue weighted by atomic mass is 16.1. The van der Waals surface area contributed by atoms with Crippen molar-refractivity contribution in [1.29, 1.82) is 0 Å². The van der Waals surface area contributed by atoms with Crippen molar-refractivity contribution in [3.63, 3.8) is 0 Å². The lowest BCUT2D eigenvalue weighted by atomic mass is 9.94. The number of rotatable bonds is 5. The van der Waals surface area contributed by atoms with Crippen molar-refractivity contribution in [2.24, 2.45) is 11.7 Å². The molecular formula is C12H17NO. The molecule has 0 bridgehead atoms. The van der Waals surface area contributed by atoms with Gasteiger partial charge in [-0.05, 0) is 18.4 Å². The molecule has 0 aliphatic heterocycles. The largest absolute Gasteiger partial charge is 0.369 e. The van der Waals surface area contributed by atoms with E-state index in [4.69, 9.17) is 15.3 Å². The smallest absolute Gasteiger partial charge is 0.220 e. The molecule has 0 spiro atoms. The Morgan fingerprint density at radius 1 is 1.57 bits per heavy atom. The molecule has 0 aliphatic rings. The van der Waals surface area contributed by atoms with Gasteiger partial charge in [-0.3, -0.25) is 4.79 Å². The first-order valence-electron chi connectivity index (χ1n) is 7.74. The molecule has 0 saturated carbocycles. The summed E-state index contributed by atoms with van der Waals surface area (Å²) in [6.45, 7) is -3.21. The lowest BCUT2D eigenvalue weighted by molar-refractivity contribution is -0.122. The molecule has 1 aromatic rings. The van der Waals surface area contributed by atoms with E-state index in [0.717, 1.165) is 0 Å². The fourth-order valence-electron chi connectivity index (χ4n) is 1.16. The number of hydrogen-bond donors (Lipinski definition) is 1. The number of benzene rings is 1. The monoisotopic (exact) mass is 198 g/mol. The zero-order valence-electron chi connectivity index (χ0n) is 14.7. The molecule has 1 aromatic carbocycles. The molecule has 2 nitrogen and oxygen atoms in total. The Labute approximate surface area is 95.0 Å². The predicted octanol–water partition coefficient (Wildman–Crippen LogP) is 2.13. The van der Waals surface area contributed by atoms with Crippen molar-refractivity contribution in [2.45, 2.75) is 26.0 Å². The highest BCUT2D eigenvalue weighted by molar-refractivity contribution is 5.76. The highest BCUT2D eigenvalue weighted by Gasteiger charge is 2.14. The predicted molar refractivity (Wildman–Crippen MR) is 57.7 cm³/mol. The number of amides is 1. The first-order chi connectivity index (χ1) is 9.41. The van der Waals surface area contributed by atoms with Gasteiger partial charge in [0, 0.05) is 15.5 Å². The van der Waals surface area contributed by atoms with Gasteiger partial charge in [0.2, 0.25) is 5.91 Å². The molecule has 1 rings (SSSR count). The van der Waals surface area contributed by atoms with Gasteiger partial charge in [0.1, 0.15) is 0 Å². The SMILES string of the molecule is [2H]C([2H])([2H])C([2H])([2H])C([2H])([2H])C(Cc1ccccc1)C(N)=O. The molecule has 0 saturated heterocycles. The van der Waals surface area contributed by atoms with Crippen LogP contribution < -0.4 is 5.73 Å². The van der Waals surface area contributed by atoms with Gasteiger partial charge in [-0.25, -0.2) is 0 Å². The third-order valence-electron chi connectivity index (χ3n) is 1.87. The van der Waals surface area contributed by atoms with E-state index in [1.54, 1.807) is 30.3 Å². The maximum atomic E-state index is 11.6. The van der Waals surface area contributed by atoms with Crippen LogP contribution in [0, 0.1) is 5.92 Å². The van der Waals surface area contributed by atoms with E-state index < -0.39 is 31.4 Å². The van der Waals surface area contributed by atoms with Crippen LogP contribution >= 0.6 is 0 Å². The normalized spacial score (nSPS) is 22.7. The molecule has 2 N–H and O–H groups in total. The summed E-state index contributed by atoms with van der Waals surface area (Å²) in [6.07, 6.45) is -6.30. The third kappa shape index (κ3) is 3.21. The lowest BCUT2D eigenvalue weighted by Gasteiger charge is -2.11. The van der Waals surface area contributed by atoms with Gasteiger partial charge in [-0.15, -0.1) is 0 Å². The Hall–Kier alpha value is -1.31. The maximum Gasteiger partial charge on any atom is 0.220 e. The number of hydrogen-bond acceptors (Lipinski definition) is 1. The van der Waals surface area contributed by atoms with Crippen molar-refractivity contribution in [3.8, 4) is 0 Å². The lowest BCUT2D eigenvalue weighted by Crippen LogP contribution is -2.24. The van der Waals surface area contributed by atoms with E-state index in [-0.39, 0.29) is 6.42 Å². The van der Waals surface area contributed by atoms with Crippen LogP contribution in [0.15, 0.2) is 30.3 Å². The molecule has 2 heteroatoms. The van der Waals surface area contributed by atoms with Crippen LogP contribution in [0.3, 0.4) is 0 Å². The molecule has 0 fully saturated rings. The summed E-state index contributed by atoms with van der Waals surface area (Å²) >= 11 is 0. The fraction of sp³-hybridized carbons (Fsp3) is 0.417. The van der Waals surface area contributed by atoms with Gasteiger partial charge in [0.15, 0.2) is 0 Å². The van der Waals surface area contributed by atoms with Crippen LogP contribution in [0.4, 0.5) is 0 Å². The summed E-state index contributed by atoms with van der Waals surface area (Å²) in [5.41, 5.74) is 5.76. The summed E-state index contributed by atoms with van der Waals surface area (Å²) in [5, 5.41) is 0. The van der Waals surface area contributed by atoms with Crippen molar-refractivity contribution in [3.05, 3.63) is 35.9 Å². The molecule has 0 aromatic heterocycles. The summed E-state index contributed by atoms with van der Waals surface area (Å²) in [4.78, 5) is 11.6. The van der Waals surface area contributed by atoms with Gasteiger partial charge in [0.25, 0.3) is 0 Å². The molecule has 0 radical (unpaired) electrons. The molecule has 76 valence electrons. The van der Waals surface area contributed by atoms with E-state index in [0.29, 0.717) is 5.56 Å². The molecule has 14 heavy (non-hydrogen) atoms. The second-order valence-corrected chi connectivity index (χ2v) is 2.91. The van der Waals surface area contributed by atoms with Crippen molar-refractivity contribution in [2.75, 3.05) is 0 Å². The third-order valence-corrected chi connectivity index (χ3v) is 1.87. The molecule has 1 amide bonds. The average molecular weight is 198 g/mol. The summed E-state index contributed by atoms with van der Waals surface area (Å²) < 4.78 is 52.4. The second kappa shape index (κ2) is 5.43. The quantitative estimate of drug-likeness (QED) is 0.774. The number of primary amides is 1. The minimum atomic E-state index is -3.21. The second-order valence-electron chi connectivity index (χ2n) is 2.91. The first-order valence-corrected chi connectivity index (χ1v) is 4.24. The Morgan fingerprint density at radius 2 is 2.29 bits per heavy atom. The number of carbonyl (C=O) groups is 1. The van der Waals surface area contributed by atoms with Gasteiger partial charge in [-0.1, -0.05) is 43.6 Å². The summed E-state index contributed by atoms with van der Waals surface area (Å²) in [7, 11) is 0. The van der Waals surface area contributed by atoms with E-state index >= 15 is 0 Å². The average Bonchev–Trinajstić information content (AvgIpc) is 2.35. The van der Waals surface area contributed by atoms with E-state index in [9.17, 15) is 4.79 Å². The van der Waals surface area contributed by atoms with Crippen molar-refractivity contribution >= 4 is 5.91 Å². The zero-order valence-corrected chi connectivity index (χ0v) is 7.66. The molecule has 0 heterocycles. The Morgan fingerprint density at radius 3 is 2.86 bits per heavy atom. The Balaban J connectivity index is 3.18. The van der Waals surface area contributed by atoms with Crippen molar-refractivity contribution in [1.82, 2.24) is 0 Å². The molecule has 0 aliphatic carbocycles. The Kier molecular flexibility index (Phi) is 1.73. The van der Waals surface area contributed by atoms with Gasteiger partial charge < -0.3 is 5.73 Å². The van der Waals surface area contributed by atoms with E-state index in [1.165, 1.54) is 0 Å². The topological polar surface area (TPSA) is 43.1 Å². The van der Waals surface area contributed by atoms with Gasteiger partial charge in [-0.2, -0.15) is 0 Å². The minimum Gasteiger partial charge on any atom is -0.369 e. The van der Waals surface area contributed by atoms with Crippen LogP contribution in [-0.4, -0.2) is 5.91 Å². The maximum absolute atomic E-state index is 11.6. The van der Waals surface area contributed by atoms with Crippen LogP contribution in [-0.2, 0) is 11.2 Å². The van der Waals surface area contributed by atoms with Crippen LogP contribution in [0.1, 0.15) is 34.8 Å². The van der Waals surface area contributed by atoms with Gasteiger partial charge in [0.05, 0.1) is 0 Å². The van der Waals surface area contributed by atoms with E-state index in [1.807, 2.05) is 0 Å². The first kappa shape index (κ1) is 4.47. The van der Waals surface area contributed by atoms with Crippen LogP contribution in [0.2, 0.25) is 0 Å². The molecule has 1 unspecified atom stereocenters. The zero-order chi connectivity index (χ0) is 16.5. The minimum absolute atomic E-state index is 0.168. The number of nitrogens with two attached hydrogens (primary N) is 1. The van der Waals surface area contributed by atoms with E-state index in [2.05, 4.69) is 0 Å². The molecular weight excluding hydrogens is 174 g/mol. The summed E-state index contributed by atoms with van der Waals surface area (Å²) in [5.74, 6) is -2.66.